The van der Waals surface area contributed by atoms with Crippen LogP contribution in [0.2, 0.25) is 0 Å². The van der Waals surface area contributed by atoms with E-state index in [0.717, 1.165) is 76.2 Å². The minimum absolute atomic E-state index is 0.168. The summed E-state index contributed by atoms with van der Waals surface area (Å²) < 4.78 is 5.53. The first kappa shape index (κ1) is 24.4. The Bertz CT molecular complexity index is 555. The summed E-state index contributed by atoms with van der Waals surface area (Å²) in [4.78, 5) is 12.7. The predicted molar refractivity (Wildman–Crippen MR) is 128 cm³/mol. The molecule has 2 heterocycles. The van der Waals surface area contributed by atoms with Gasteiger partial charge in [0.15, 0.2) is 0 Å². The molecule has 2 atom stereocenters. The highest BCUT2D eigenvalue weighted by Gasteiger charge is 2.33. The molecule has 5 N–H and O–H groups in total. The van der Waals surface area contributed by atoms with Crippen LogP contribution < -0.4 is 26.6 Å². The molecule has 7 nitrogen and oxygen atoms in total. The summed E-state index contributed by atoms with van der Waals surface area (Å²) in [5, 5.41) is 17.8. The zero-order chi connectivity index (χ0) is 22.2. The van der Waals surface area contributed by atoms with Crippen LogP contribution in [0.3, 0.4) is 0 Å². The van der Waals surface area contributed by atoms with Crippen LogP contribution in [-0.4, -0.2) is 64.2 Å². The van der Waals surface area contributed by atoms with E-state index in [2.05, 4.69) is 26.6 Å². The monoisotopic (exact) mass is 449 g/mol. The maximum Gasteiger partial charge on any atom is 0.223 e. The number of amides is 1. The number of rotatable bonds is 8. The third kappa shape index (κ3) is 7.13. The van der Waals surface area contributed by atoms with Crippen LogP contribution in [0.25, 0.3) is 0 Å². The molecular weight excluding hydrogens is 402 g/mol. The van der Waals surface area contributed by atoms with E-state index >= 15 is 0 Å². The standard InChI is InChI=1S/C25H47N5O2/c1-32-23-7-5-19(6-8-23)21-16-28-25(29-17-21)30-22-4-2-3-20(15-22)24(31)27-14-11-18-9-12-26-13-10-18/h18-23,25-26,28-30H,2-17H2,1H3,(H,27,31). The molecule has 2 unspecified atom stereocenters. The van der Waals surface area contributed by atoms with Gasteiger partial charge in [-0.05, 0) is 95.1 Å². The van der Waals surface area contributed by atoms with Gasteiger partial charge in [-0.3, -0.25) is 20.7 Å². The van der Waals surface area contributed by atoms with Gasteiger partial charge in [0.2, 0.25) is 5.91 Å². The normalized spacial score (nSPS) is 37.2. The molecule has 2 saturated heterocycles. The van der Waals surface area contributed by atoms with Gasteiger partial charge >= 0.3 is 0 Å². The quantitative estimate of drug-likeness (QED) is 0.389. The van der Waals surface area contributed by atoms with Crippen LogP contribution in [-0.2, 0) is 9.53 Å². The lowest BCUT2D eigenvalue weighted by Crippen LogP contribution is -2.63. The first-order valence-corrected chi connectivity index (χ1v) is 13.4. The molecule has 0 aromatic rings. The van der Waals surface area contributed by atoms with E-state index in [1.54, 1.807) is 0 Å². The number of methoxy groups -OCH3 is 1. The van der Waals surface area contributed by atoms with Crippen molar-refractivity contribution in [1.82, 2.24) is 26.6 Å². The first-order valence-electron chi connectivity index (χ1n) is 13.4. The molecule has 0 bridgehead atoms. The fourth-order valence-electron chi connectivity index (χ4n) is 6.46. The van der Waals surface area contributed by atoms with Crippen LogP contribution >= 0.6 is 0 Å². The zero-order valence-electron chi connectivity index (χ0n) is 20.2. The van der Waals surface area contributed by atoms with E-state index in [9.17, 15) is 4.79 Å². The van der Waals surface area contributed by atoms with Crippen LogP contribution in [0.5, 0.6) is 0 Å². The molecule has 2 aliphatic heterocycles. The maximum atomic E-state index is 12.7. The van der Waals surface area contributed by atoms with Crippen LogP contribution in [0.1, 0.15) is 70.6 Å². The highest BCUT2D eigenvalue weighted by molar-refractivity contribution is 5.78. The summed E-state index contributed by atoms with van der Waals surface area (Å²) >= 11 is 0. The number of ether oxygens (including phenoxy) is 1. The molecule has 2 aliphatic carbocycles. The fraction of sp³-hybridized carbons (Fsp3) is 0.960. The molecule has 32 heavy (non-hydrogen) atoms. The third-order valence-electron chi connectivity index (χ3n) is 8.65. The molecule has 4 fully saturated rings. The molecule has 1 amide bonds. The van der Waals surface area contributed by atoms with E-state index in [4.69, 9.17) is 4.74 Å². The van der Waals surface area contributed by atoms with Crippen molar-refractivity contribution in [1.29, 1.82) is 0 Å². The molecule has 7 heteroatoms. The molecule has 0 aromatic carbocycles. The van der Waals surface area contributed by atoms with Crippen molar-refractivity contribution in [2.45, 2.75) is 89.1 Å². The van der Waals surface area contributed by atoms with Gasteiger partial charge in [-0.15, -0.1) is 0 Å². The minimum Gasteiger partial charge on any atom is -0.381 e. The van der Waals surface area contributed by atoms with Gasteiger partial charge in [-0.25, -0.2) is 0 Å². The number of hydrogen-bond donors (Lipinski definition) is 5. The van der Waals surface area contributed by atoms with Crippen LogP contribution in [0, 0.1) is 23.7 Å². The number of carbonyl (C=O) groups excluding carboxylic acids is 1. The molecule has 4 rings (SSSR count). The summed E-state index contributed by atoms with van der Waals surface area (Å²) in [6, 6.07) is 0.419. The Balaban J connectivity index is 1.12. The summed E-state index contributed by atoms with van der Waals surface area (Å²) in [5.41, 5.74) is 0. The minimum atomic E-state index is 0.168. The molecular formula is C25H47N5O2. The smallest absolute Gasteiger partial charge is 0.223 e. The second-order valence-electron chi connectivity index (χ2n) is 10.8. The SMILES string of the molecule is COC1CCC(C2CNC(NC3CCCC(C(=O)NCCC4CCNCC4)C3)NC2)CC1. The lowest BCUT2D eigenvalue weighted by molar-refractivity contribution is -0.126. The maximum absolute atomic E-state index is 12.7. The molecule has 0 radical (unpaired) electrons. The van der Waals surface area contributed by atoms with Gasteiger partial charge in [-0.2, -0.15) is 0 Å². The summed E-state index contributed by atoms with van der Waals surface area (Å²) in [6.45, 7) is 5.28. The Kier molecular flexibility index (Phi) is 9.65. The van der Waals surface area contributed by atoms with Crippen molar-refractivity contribution in [2.75, 3.05) is 39.8 Å². The molecule has 0 aromatic heterocycles. The van der Waals surface area contributed by atoms with E-state index in [1.165, 1.54) is 44.9 Å². The summed E-state index contributed by atoms with van der Waals surface area (Å²) in [5.74, 6) is 2.76. The van der Waals surface area contributed by atoms with Gasteiger partial charge < -0.3 is 15.4 Å². The predicted octanol–water partition coefficient (Wildman–Crippen LogP) is 1.94. The Morgan fingerprint density at radius 3 is 2.41 bits per heavy atom. The number of piperidine rings is 1. The van der Waals surface area contributed by atoms with Gasteiger partial charge in [0.25, 0.3) is 0 Å². The summed E-state index contributed by atoms with van der Waals surface area (Å²) in [7, 11) is 1.85. The van der Waals surface area contributed by atoms with Crippen molar-refractivity contribution in [3.63, 3.8) is 0 Å². The topological polar surface area (TPSA) is 86.5 Å². The Morgan fingerprint density at radius 1 is 0.938 bits per heavy atom. The molecule has 184 valence electrons. The Morgan fingerprint density at radius 2 is 1.69 bits per heavy atom. The highest BCUT2D eigenvalue weighted by atomic mass is 16.5. The van der Waals surface area contributed by atoms with Crippen molar-refractivity contribution >= 4 is 5.91 Å². The van der Waals surface area contributed by atoms with Crippen LogP contribution in [0.15, 0.2) is 0 Å². The van der Waals surface area contributed by atoms with Gasteiger partial charge in [-0.1, -0.05) is 6.42 Å². The van der Waals surface area contributed by atoms with Gasteiger partial charge in [0.05, 0.1) is 6.10 Å². The lowest BCUT2D eigenvalue weighted by atomic mass is 9.78. The number of hydrogen-bond acceptors (Lipinski definition) is 6. The summed E-state index contributed by atoms with van der Waals surface area (Å²) in [6.07, 6.45) is 13.6. The van der Waals surface area contributed by atoms with Crippen molar-refractivity contribution in [2.24, 2.45) is 23.7 Å². The zero-order valence-corrected chi connectivity index (χ0v) is 20.2. The average molecular weight is 450 g/mol. The lowest BCUT2D eigenvalue weighted by Gasteiger charge is -2.40. The van der Waals surface area contributed by atoms with E-state index in [1.807, 2.05) is 7.11 Å². The fourth-order valence-corrected chi connectivity index (χ4v) is 6.46. The molecule has 4 aliphatic rings. The van der Waals surface area contributed by atoms with E-state index in [-0.39, 0.29) is 18.1 Å². The highest BCUT2D eigenvalue weighted by Crippen LogP contribution is 2.32. The molecule has 0 spiro atoms. The Hall–Kier alpha value is -0.730. The largest absolute Gasteiger partial charge is 0.381 e. The second kappa shape index (κ2) is 12.7. The Labute approximate surface area is 194 Å². The second-order valence-corrected chi connectivity index (χ2v) is 10.8. The first-order chi connectivity index (χ1) is 15.7. The van der Waals surface area contributed by atoms with Crippen molar-refractivity contribution < 1.29 is 9.53 Å². The van der Waals surface area contributed by atoms with E-state index < -0.39 is 0 Å². The van der Waals surface area contributed by atoms with E-state index in [0.29, 0.717) is 12.1 Å². The third-order valence-corrected chi connectivity index (χ3v) is 8.65. The average Bonchev–Trinajstić information content (AvgIpc) is 2.85. The van der Waals surface area contributed by atoms with Crippen molar-refractivity contribution in [3.05, 3.63) is 0 Å². The molecule has 2 saturated carbocycles. The van der Waals surface area contributed by atoms with Crippen LogP contribution in [0.4, 0.5) is 0 Å². The number of carbonyl (C=O) groups is 1. The van der Waals surface area contributed by atoms with Crippen molar-refractivity contribution in [3.8, 4) is 0 Å². The number of nitrogens with one attached hydrogen (secondary N) is 5. The van der Waals surface area contributed by atoms with Gasteiger partial charge in [0, 0.05) is 38.7 Å². The van der Waals surface area contributed by atoms with Gasteiger partial charge in [0.1, 0.15) is 6.29 Å².